The van der Waals surface area contributed by atoms with Gasteiger partial charge in [-0.05, 0) is 17.0 Å². The Kier molecular flexibility index (Phi) is 8.96. The summed E-state index contributed by atoms with van der Waals surface area (Å²) in [6.07, 6.45) is 1.90. The van der Waals surface area contributed by atoms with Crippen LogP contribution in [0.5, 0.6) is 0 Å². The van der Waals surface area contributed by atoms with Crippen LogP contribution in [-0.4, -0.2) is 16.8 Å². The number of hydrogen-bond donors (Lipinski definition) is 1. The second-order valence-electron chi connectivity index (χ2n) is 2.42. The van der Waals surface area contributed by atoms with Crippen molar-refractivity contribution in [1.82, 2.24) is 0 Å². The summed E-state index contributed by atoms with van der Waals surface area (Å²) in [6.45, 7) is 0. The van der Waals surface area contributed by atoms with Crippen LogP contribution in [0.4, 0.5) is 0 Å². The zero-order valence-electron chi connectivity index (χ0n) is 8.01. The molecule has 0 unspecified atom stereocenters. The third-order valence-electron chi connectivity index (χ3n) is 1.36. The van der Waals surface area contributed by atoms with Crippen molar-refractivity contribution >= 4 is 23.8 Å². The van der Waals surface area contributed by atoms with Gasteiger partial charge in [0.2, 0.25) is 0 Å². The van der Waals surface area contributed by atoms with E-state index in [1.54, 1.807) is 5.41 Å². The standard InChI is InChI=1S/C10H10O2S.K/c11-10(12)8-13-7-6-9-4-2-1-3-5-9;/h1-7H,8H2,(H,11,12);/q;+1/b7-6+;. The minimum atomic E-state index is -0.789. The van der Waals surface area contributed by atoms with Gasteiger partial charge in [-0.2, -0.15) is 0 Å². The maximum atomic E-state index is 10.2. The molecule has 0 saturated carbocycles. The molecule has 0 aromatic heterocycles. The number of carbonyl (C=O) groups is 1. The van der Waals surface area contributed by atoms with Crippen molar-refractivity contribution in [3.63, 3.8) is 0 Å². The van der Waals surface area contributed by atoms with Crippen LogP contribution in [0.2, 0.25) is 0 Å². The summed E-state index contributed by atoms with van der Waals surface area (Å²) in [5.74, 6) is -0.675. The molecule has 0 amide bonds. The van der Waals surface area contributed by atoms with E-state index in [-0.39, 0.29) is 57.1 Å². The number of rotatable bonds is 4. The molecule has 1 rings (SSSR count). The second kappa shape index (κ2) is 8.70. The summed E-state index contributed by atoms with van der Waals surface area (Å²) < 4.78 is 0. The van der Waals surface area contributed by atoms with Gasteiger partial charge in [0.25, 0.3) is 0 Å². The molecule has 0 radical (unpaired) electrons. The Bertz CT molecular complexity index is 298. The number of aliphatic carboxylic acids is 1. The minimum absolute atomic E-state index is 0. The quantitative estimate of drug-likeness (QED) is 0.711. The van der Waals surface area contributed by atoms with Gasteiger partial charge in [-0.1, -0.05) is 30.3 Å². The Hall–Kier alpha value is 0.416. The van der Waals surface area contributed by atoms with E-state index in [9.17, 15) is 4.79 Å². The van der Waals surface area contributed by atoms with Crippen molar-refractivity contribution in [2.75, 3.05) is 5.75 Å². The van der Waals surface area contributed by atoms with Gasteiger partial charge in [0.05, 0.1) is 5.75 Å². The molecule has 0 heterocycles. The van der Waals surface area contributed by atoms with Gasteiger partial charge >= 0.3 is 57.4 Å². The van der Waals surface area contributed by atoms with Gasteiger partial charge in [-0.3, -0.25) is 4.79 Å². The van der Waals surface area contributed by atoms with E-state index in [0.717, 1.165) is 5.56 Å². The van der Waals surface area contributed by atoms with Crippen LogP contribution in [-0.2, 0) is 4.79 Å². The minimum Gasteiger partial charge on any atom is -0.481 e. The summed E-state index contributed by atoms with van der Waals surface area (Å²) in [6, 6.07) is 9.78. The summed E-state index contributed by atoms with van der Waals surface area (Å²) in [4.78, 5) is 10.2. The largest absolute Gasteiger partial charge is 1.00 e. The van der Waals surface area contributed by atoms with E-state index >= 15 is 0 Å². The van der Waals surface area contributed by atoms with Crippen LogP contribution in [0.15, 0.2) is 35.7 Å². The molecular weight excluding hydrogens is 223 g/mol. The number of benzene rings is 1. The van der Waals surface area contributed by atoms with Crippen LogP contribution >= 0.6 is 11.8 Å². The second-order valence-corrected chi connectivity index (χ2v) is 3.31. The Labute approximate surface area is 130 Å². The summed E-state index contributed by atoms with van der Waals surface area (Å²) in [5.41, 5.74) is 1.08. The number of carboxylic acids is 1. The van der Waals surface area contributed by atoms with Crippen molar-refractivity contribution in [2.45, 2.75) is 0 Å². The fraction of sp³-hybridized carbons (Fsp3) is 0.100. The molecular formula is C10H10KO2S+. The smallest absolute Gasteiger partial charge is 0.481 e. The fourth-order valence-corrected chi connectivity index (χ4v) is 1.30. The van der Waals surface area contributed by atoms with Crippen LogP contribution < -0.4 is 51.4 Å². The molecule has 1 aromatic carbocycles. The van der Waals surface area contributed by atoms with Gasteiger partial charge in [0, 0.05) is 0 Å². The Balaban J connectivity index is 0.00000169. The van der Waals surface area contributed by atoms with Gasteiger partial charge in [-0.25, -0.2) is 0 Å². The van der Waals surface area contributed by atoms with E-state index in [1.807, 2.05) is 36.4 Å². The maximum Gasteiger partial charge on any atom is 1.00 e. The van der Waals surface area contributed by atoms with E-state index in [4.69, 9.17) is 5.11 Å². The molecule has 0 saturated heterocycles. The van der Waals surface area contributed by atoms with Crippen molar-refractivity contribution < 1.29 is 61.3 Å². The molecule has 0 fully saturated rings. The van der Waals surface area contributed by atoms with Crippen LogP contribution in [0, 0.1) is 0 Å². The van der Waals surface area contributed by atoms with E-state index < -0.39 is 5.97 Å². The van der Waals surface area contributed by atoms with Crippen molar-refractivity contribution in [3.05, 3.63) is 41.3 Å². The fourth-order valence-electron chi connectivity index (χ4n) is 0.810. The maximum absolute atomic E-state index is 10.2. The molecule has 1 N–H and O–H groups in total. The van der Waals surface area contributed by atoms with Crippen LogP contribution in [0.1, 0.15) is 5.56 Å². The van der Waals surface area contributed by atoms with Crippen molar-refractivity contribution in [1.29, 1.82) is 0 Å². The molecule has 0 aliphatic rings. The topological polar surface area (TPSA) is 37.3 Å². The number of carboxylic acid groups (broad SMARTS) is 1. The first-order valence-corrected chi connectivity index (χ1v) is 4.89. The van der Waals surface area contributed by atoms with Gasteiger partial charge in [-0.15, -0.1) is 11.8 Å². The van der Waals surface area contributed by atoms with Crippen molar-refractivity contribution in [2.24, 2.45) is 0 Å². The van der Waals surface area contributed by atoms with Crippen LogP contribution in [0.25, 0.3) is 6.08 Å². The first-order valence-electron chi connectivity index (χ1n) is 3.84. The average molecular weight is 233 g/mol. The van der Waals surface area contributed by atoms with Gasteiger partial charge < -0.3 is 5.11 Å². The summed E-state index contributed by atoms with van der Waals surface area (Å²) in [5, 5.41) is 10.2. The predicted molar refractivity (Wildman–Crippen MR) is 55.6 cm³/mol. The first kappa shape index (κ1) is 14.4. The molecule has 2 nitrogen and oxygen atoms in total. The SMILES string of the molecule is O=C(O)CS/C=C/c1ccccc1.[K+]. The Morgan fingerprint density at radius 2 is 2.00 bits per heavy atom. The molecule has 0 atom stereocenters. The monoisotopic (exact) mass is 233 g/mol. The third kappa shape index (κ3) is 6.81. The Morgan fingerprint density at radius 3 is 2.57 bits per heavy atom. The predicted octanol–water partition coefficient (Wildman–Crippen LogP) is -0.521. The summed E-state index contributed by atoms with van der Waals surface area (Å²) >= 11 is 1.28. The molecule has 0 bridgehead atoms. The summed E-state index contributed by atoms with van der Waals surface area (Å²) in [7, 11) is 0. The molecule has 14 heavy (non-hydrogen) atoms. The van der Waals surface area contributed by atoms with Crippen molar-refractivity contribution in [3.8, 4) is 0 Å². The molecule has 0 spiro atoms. The third-order valence-corrected chi connectivity index (χ3v) is 2.11. The molecule has 1 aromatic rings. The number of hydrogen-bond acceptors (Lipinski definition) is 2. The van der Waals surface area contributed by atoms with Crippen LogP contribution in [0.3, 0.4) is 0 Å². The normalized spacial score (nSPS) is 9.71. The van der Waals surface area contributed by atoms with E-state index in [2.05, 4.69) is 0 Å². The zero-order chi connectivity index (χ0) is 9.52. The van der Waals surface area contributed by atoms with E-state index in [0.29, 0.717) is 0 Å². The van der Waals surface area contributed by atoms with Gasteiger partial charge in [0.1, 0.15) is 0 Å². The Morgan fingerprint density at radius 1 is 1.36 bits per heavy atom. The molecule has 0 aliphatic heterocycles. The molecule has 0 aliphatic carbocycles. The number of thioether (sulfide) groups is 1. The van der Waals surface area contributed by atoms with E-state index in [1.165, 1.54) is 11.8 Å². The zero-order valence-corrected chi connectivity index (χ0v) is 12.0. The molecule has 68 valence electrons. The first-order chi connectivity index (χ1) is 6.29. The van der Waals surface area contributed by atoms with Gasteiger partial charge in [0.15, 0.2) is 0 Å². The molecule has 4 heteroatoms. The average Bonchev–Trinajstić information content (AvgIpc) is 2.14.